The van der Waals surface area contributed by atoms with Crippen LogP contribution < -0.4 is 10.6 Å². The molecule has 1 aromatic carbocycles. The third kappa shape index (κ3) is 5.68. The zero-order chi connectivity index (χ0) is 13.6. The molecule has 0 unspecified atom stereocenters. The van der Waals surface area contributed by atoms with Gasteiger partial charge < -0.3 is 15.4 Å². The van der Waals surface area contributed by atoms with Gasteiger partial charge in [-0.2, -0.15) is 7.05 Å². The summed E-state index contributed by atoms with van der Waals surface area (Å²) in [7, 11) is 3.70. The van der Waals surface area contributed by atoms with Crippen LogP contribution in [0.5, 0.6) is 0 Å². The first kappa shape index (κ1) is 14.5. The highest BCUT2D eigenvalue weighted by molar-refractivity contribution is 5.67. The minimum Gasteiger partial charge on any atom is -0.475 e. The highest BCUT2D eigenvalue weighted by Crippen LogP contribution is 2.07. The fraction of sp³-hybridized carbons (Fsp3) is 0.429. The summed E-state index contributed by atoms with van der Waals surface area (Å²) in [6.07, 6.45) is -0.391. The van der Waals surface area contributed by atoms with Gasteiger partial charge in [0.25, 0.3) is 0 Å². The topological polar surface area (TPSA) is 54.9 Å². The lowest BCUT2D eigenvalue weighted by molar-refractivity contribution is -0.612. The molecule has 0 heterocycles. The van der Waals surface area contributed by atoms with Gasteiger partial charge in [0.15, 0.2) is 0 Å². The van der Waals surface area contributed by atoms with Gasteiger partial charge in [-0.3, -0.25) is 0 Å². The van der Waals surface area contributed by atoms with Crippen LogP contribution in [-0.2, 0) is 17.8 Å². The van der Waals surface area contributed by atoms with E-state index in [4.69, 9.17) is 4.74 Å². The second-order valence-electron chi connectivity index (χ2n) is 5.16. The molecule has 100 valence electrons. The largest absolute Gasteiger partial charge is 0.475 e. The van der Waals surface area contributed by atoms with Crippen LogP contribution in [-0.4, -0.2) is 11.7 Å². The van der Waals surface area contributed by atoms with E-state index in [-0.39, 0.29) is 0 Å². The molecule has 0 saturated carbocycles. The molecule has 0 saturated heterocycles. The Balaban J connectivity index is 2.41. The van der Waals surface area contributed by atoms with Gasteiger partial charge in [-0.1, -0.05) is 24.3 Å². The van der Waals surface area contributed by atoms with Crippen molar-refractivity contribution in [3.63, 3.8) is 0 Å². The zero-order valence-corrected chi connectivity index (χ0v) is 11.3. The van der Waals surface area contributed by atoms with Crippen molar-refractivity contribution in [3.05, 3.63) is 42.4 Å². The Kier molecular flexibility index (Phi) is 5.16. The minimum atomic E-state index is -0.460. The number of rotatable bonds is 4. The molecule has 0 bridgehead atoms. The quantitative estimate of drug-likeness (QED) is 0.797. The number of nitrogens with one attached hydrogen (secondary N) is 1. The average Bonchev–Trinajstić information content (AvgIpc) is 2.26. The van der Waals surface area contributed by atoms with Crippen molar-refractivity contribution in [1.82, 2.24) is 5.32 Å². The van der Waals surface area contributed by atoms with E-state index in [0.29, 0.717) is 6.54 Å². The fourth-order valence-electron chi connectivity index (χ4n) is 1.45. The van der Waals surface area contributed by atoms with Gasteiger partial charge in [0.05, 0.1) is 6.54 Å². The number of ether oxygens (including phenoxy) is 1. The Morgan fingerprint density at radius 3 is 2.33 bits per heavy atom. The molecule has 0 aliphatic rings. The van der Waals surface area contributed by atoms with Crippen LogP contribution in [0.2, 0.25) is 0 Å². The molecule has 4 heteroatoms. The van der Waals surface area contributed by atoms with E-state index in [1.54, 1.807) is 0 Å². The molecule has 0 aliphatic heterocycles. The maximum absolute atomic E-state index is 11.5. The van der Waals surface area contributed by atoms with Crippen molar-refractivity contribution in [2.75, 3.05) is 0 Å². The summed E-state index contributed by atoms with van der Waals surface area (Å²) < 4.78 is 5.16. The molecule has 18 heavy (non-hydrogen) atoms. The van der Waals surface area contributed by atoms with Crippen molar-refractivity contribution in [3.8, 4) is 0 Å². The van der Waals surface area contributed by atoms with Crippen LogP contribution >= 0.6 is 0 Å². The van der Waals surface area contributed by atoms with E-state index in [1.165, 1.54) is 5.56 Å². The molecule has 1 rings (SSSR count). The molecule has 0 atom stereocenters. The number of benzene rings is 1. The molecule has 1 amide bonds. The van der Waals surface area contributed by atoms with Crippen LogP contribution in [0, 0.1) is 7.05 Å². The molecule has 0 radical (unpaired) electrons. The second-order valence-corrected chi connectivity index (χ2v) is 5.16. The van der Waals surface area contributed by atoms with Crippen LogP contribution in [0.25, 0.3) is 0 Å². The third-order valence-corrected chi connectivity index (χ3v) is 2.24. The summed E-state index contributed by atoms with van der Waals surface area (Å²) in [5.41, 5.74) is 1.80. The number of alkyl carbamates (subject to hydrolysis) is 1. The maximum Gasteiger partial charge on any atom is 0.407 e. The number of quaternary nitrogens is 1. The standard InChI is InChI=1S/C14H22N2O2/c1-14(2,3)18-13(17)16-10-12-7-5-11(6-8-12)9-15-4/h5-8H,4,9-10,15H2,1-3H3,(H,16,17). The number of hydrogen-bond acceptors (Lipinski definition) is 2. The molecule has 1 aromatic rings. The number of amides is 1. The van der Waals surface area contributed by atoms with Crippen molar-refractivity contribution in [1.29, 1.82) is 0 Å². The van der Waals surface area contributed by atoms with Crippen LogP contribution in [0.4, 0.5) is 4.79 Å². The third-order valence-electron chi connectivity index (χ3n) is 2.24. The SMILES string of the molecule is [CH2-][NH2+]Cc1ccc(CNC(=O)OC(C)(C)C)cc1. The van der Waals surface area contributed by atoms with Crippen molar-refractivity contribution < 1.29 is 14.8 Å². The van der Waals surface area contributed by atoms with E-state index in [0.717, 1.165) is 12.1 Å². The Labute approximate surface area is 109 Å². The second kappa shape index (κ2) is 6.40. The monoisotopic (exact) mass is 250 g/mol. The van der Waals surface area contributed by atoms with Gasteiger partial charge in [0.1, 0.15) is 5.60 Å². The maximum atomic E-state index is 11.5. The molecular formula is C14H22N2O2. The Morgan fingerprint density at radius 1 is 1.28 bits per heavy atom. The predicted molar refractivity (Wildman–Crippen MR) is 70.5 cm³/mol. The fourth-order valence-corrected chi connectivity index (χ4v) is 1.45. The first-order chi connectivity index (χ1) is 8.40. The molecule has 0 aliphatic carbocycles. The Morgan fingerprint density at radius 2 is 1.83 bits per heavy atom. The molecular weight excluding hydrogens is 228 g/mol. The van der Waals surface area contributed by atoms with E-state index in [2.05, 4.69) is 12.4 Å². The Bertz CT molecular complexity index is 380. The lowest BCUT2D eigenvalue weighted by Gasteiger charge is -2.19. The van der Waals surface area contributed by atoms with Gasteiger partial charge in [-0.15, -0.1) is 0 Å². The van der Waals surface area contributed by atoms with Gasteiger partial charge in [-0.05, 0) is 26.3 Å². The number of carbonyl (C=O) groups excluding carboxylic acids is 1. The average molecular weight is 250 g/mol. The van der Waals surface area contributed by atoms with Gasteiger partial charge >= 0.3 is 6.09 Å². The zero-order valence-electron chi connectivity index (χ0n) is 11.3. The summed E-state index contributed by atoms with van der Waals surface area (Å²) >= 11 is 0. The van der Waals surface area contributed by atoms with Crippen LogP contribution in [0.3, 0.4) is 0 Å². The van der Waals surface area contributed by atoms with Crippen LogP contribution in [0.15, 0.2) is 24.3 Å². The minimum absolute atomic E-state index is 0.391. The number of carbonyl (C=O) groups is 1. The lowest BCUT2D eigenvalue weighted by Crippen LogP contribution is -2.74. The van der Waals surface area contributed by atoms with Gasteiger partial charge in [0, 0.05) is 12.1 Å². The molecule has 0 spiro atoms. The lowest BCUT2D eigenvalue weighted by atomic mass is 10.1. The molecule has 4 nitrogen and oxygen atoms in total. The van der Waals surface area contributed by atoms with Gasteiger partial charge in [0.2, 0.25) is 0 Å². The summed E-state index contributed by atoms with van der Waals surface area (Å²) in [5, 5.41) is 4.59. The molecule has 0 fully saturated rings. The highest BCUT2D eigenvalue weighted by Gasteiger charge is 2.15. The summed E-state index contributed by atoms with van der Waals surface area (Å²) in [6, 6.07) is 8.06. The predicted octanol–water partition coefficient (Wildman–Crippen LogP) is 1.57. The smallest absolute Gasteiger partial charge is 0.407 e. The summed E-state index contributed by atoms with van der Waals surface area (Å²) in [6.45, 7) is 6.87. The van der Waals surface area contributed by atoms with Crippen molar-refractivity contribution >= 4 is 6.09 Å². The highest BCUT2D eigenvalue weighted by atomic mass is 16.6. The summed E-state index contributed by atoms with van der Waals surface area (Å²) in [4.78, 5) is 11.5. The first-order valence-electron chi connectivity index (χ1n) is 6.06. The van der Waals surface area contributed by atoms with E-state index < -0.39 is 11.7 Å². The van der Waals surface area contributed by atoms with E-state index >= 15 is 0 Å². The van der Waals surface area contributed by atoms with Gasteiger partial charge in [-0.25, -0.2) is 4.79 Å². The summed E-state index contributed by atoms with van der Waals surface area (Å²) in [5.74, 6) is 0. The molecule has 3 N–H and O–H groups in total. The van der Waals surface area contributed by atoms with Crippen molar-refractivity contribution in [2.45, 2.75) is 39.5 Å². The van der Waals surface area contributed by atoms with Crippen LogP contribution in [0.1, 0.15) is 31.9 Å². The number of hydrogen-bond donors (Lipinski definition) is 2. The van der Waals surface area contributed by atoms with E-state index in [9.17, 15) is 4.79 Å². The number of nitrogens with two attached hydrogens (primary N) is 1. The molecule has 0 aromatic heterocycles. The van der Waals surface area contributed by atoms with Crippen molar-refractivity contribution in [2.24, 2.45) is 0 Å². The normalized spacial score (nSPS) is 11.1. The first-order valence-corrected chi connectivity index (χ1v) is 6.06. The van der Waals surface area contributed by atoms with E-state index in [1.807, 2.05) is 50.4 Å². The Hall–Kier alpha value is -1.55.